The first-order chi connectivity index (χ1) is 9.86. The van der Waals surface area contributed by atoms with E-state index in [-0.39, 0.29) is 22.6 Å². The maximum absolute atomic E-state index is 12.0. The molecule has 21 heavy (non-hydrogen) atoms. The smallest absolute Gasteiger partial charge is 0.240 e. The van der Waals surface area contributed by atoms with Gasteiger partial charge in [0.05, 0.1) is 15.0 Å². The molecule has 2 aromatic rings. The highest BCUT2D eigenvalue weighted by molar-refractivity contribution is 9.10. The number of hydrogen-bond acceptors (Lipinski definition) is 4. The molecule has 0 aliphatic carbocycles. The Labute approximate surface area is 135 Å². The molecule has 112 valence electrons. The van der Waals surface area contributed by atoms with Gasteiger partial charge in [0.25, 0.3) is 0 Å². The molecular formula is C14H16BrN3O2S. The van der Waals surface area contributed by atoms with E-state index in [2.05, 4.69) is 31.5 Å². The zero-order valence-corrected chi connectivity index (χ0v) is 14.3. The maximum atomic E-state index is 12.0. The van der Waals surface area contributed by atoms with Crippen LogP contribution in [0.2, 0.25) is 0 Å². The lowest BCUT2D eigenvalue weighted by Crippen LogP contribution is -2.26. The fraction of sp³-hybridized carbons (Fsp3) is 0.357. The van der Waals surface area contributed by atoms with Gasteiger partial charge in [0.2, 0.25) is 11.8 Å². The van der Waals surface area contributed by atoms with Gasteiger partial charge in [-0.05, 0) is 24.1 Å². The Kier molecular flexibility index (Phi) is 4.95. The molecule has 1 atom stereocenters. The molecule has 0 aliphatic heterocycles. The molecule has 1 aromatic carbocycles. The number of fused-ring (bicyclic) bond motifs is 1. The van der Waals surface area contributed by atoms with Crippen molar-refractivity contribution in [3.63, 3.8) is 0 Å². The number of carbonyl (C=O) groups excluding carboxylic acids is 2. The molecule has 2 amide bonds. The third-order valence-electron chi connectivity index (χ3n) is 2.77. The van der Waals surface area contributed by atoms with E-state index >= 15 is 0 Å². The van der Waals surface area contributed by atoms with E-state index in [4.69, 9.17) is 0 Å². The molecule has 5 nitrogen and oxygen atoms in total. The number of aromatic nitrogens is 1. The third kappa shape index (κ3) is 4.01. The predicted molar refractivity (Wildman–Crippen MR) is 90.1 cm³/mol. The molecule has 1 aromatic heterocycles. The minimum atomic E-state index is -0.251. The van der Waals surface area contributed by atoms with Crippen molar-refractivity contribution in [3.8, 4) is 0 Å². The van der Waals surface area contributed by atoms with Gasteiger partial charge in [-0.15, -0.1) is 0 Å². The van der Waals surface area contributed by atoms with Crippen molar-refractivity contribution in [1.29, 1.82) is 0 Å². The van der Waals surface area contributed by atoms with Crippen LogP contribution in [0, 0.1) is 5.92 Å². The molecule has 2 rings (SSSR count). The summed E-state index contributed by atoms with van der Waals surface area (Å²) in [6.45, 7) is 5.40. The lowest BCUT2D eigenvalue weighted by atomic mass is 10.1. The van der Waals surface area contributed by atoms with Crippen LogP contribution >= 0.6 is 27.3 Å². The average molecular weight is 370 g/mol. The molecule has 7 heteroatoms. The van der Waals surface area contributed by atoms with Gasteiger partial charge in [0, 0.05) is 12.6 Å². The topological polar surface area (TPSA) is 71.1 Å². The second kappa shape index (κ2) is 6.53. The number of nitrogens with one attached hydrogen (secondary N) is 2. The van der Waals surface area contributed by atoms with Crippen molar-refractivity contribution >= 4 is 60.1 Å². The van der Waals surface area contributed by atoms with Crippen LogP contribution in [-0.4, -0.2) is 21.6 Å². The van der Waals surface area contributed by atoms with Crippen molar-refractivity contribution < 1.29 is 9.59 Å². The number of benzene rings is 1. The normalized spacial score (nSPS) is 12.4. The van der Waals surface area contributed by atoms with Crippen LogP contribution in [0.4, 0.5) is 10.8 Å². The minimum absolute atomic E-state index is 0.105. The Morgan fingerprint density at radius 2 is 2.00 bits per heavy atom. The molecule has 0 fully saturated rings. The molecule has 0 saturated carbocycles. The number of amides is 2. The summed E-state index contributed by atoms with van der Waals surface area (Å²) < 4.78 is 0.909. The summed E-state index contributed by atoms with van der Waals surface area (Å²) in [4.78, 5) is 27.2. The summed E-state index contributed by atoms with van der Waals surface area (Å²) in [6, 6.07) is 5.45. The van der Waals surface area contributed by atoms with Crippen molar-refractivity contribution in [3.05, 3.63) is 18.2 Å². The monoisotopic (exact) mass is 369 g/mol. The molecule has 0 spiro atoms. The highest BCUT2D eigenvalue weighted by Gasteiger charge is 2.19. The second-order valence-corrected chi connectivity index (χ2v) is 7.03. The molecule has 0 bridgehead atoms. The van der Waals surface area contributed by atoms with Gasteiger partial charge in [-0.2, -0.15) is 0 Å². The van der Waals surface area contributed by atoms with Crippen molar-refractivity contribution in [2.45, 2.75) is 25.6 Å². The summed E-state index contributed by atoms with van der Waals surface area (Å²) in [6.07, 6.45) is 0. The SMILES string of the molecule is CC(=O)Nc1ccc2nc(NC(=O)[C@@H](Br)C(C)C)sc2c1. The molecule has 0 radical (unpaired) electrons. The zero-order valence-electron chi connectivity index (χ0n) is 11.9. The predicted octanol–water partition coefficient (Wildman–Crippen LogP) is 3.61. The van der Waals surface area contributed by atoms with Crippen molar-refractivity contribution in [1.82, 2.24) is 4.98 Å². The van der Waals surface area contributed by atoms with Crippen molar-refractivity contribution in [2.24, 2.45) is 5.92 Å². The largest absolute Gasteiger partial charge is 0.326 e. The van der Waals surface area contributed by atoms with E-state index in [9.17, 15) is 9.59 Å². The fourth-order valence-electron chi connectivity index (χ4n) is 1.74. The minimum Gasteiger partial charge on any atom is -0.326 e. The van der Waals surface area contributed by atoms with Gasteiger partial charge in [0.1, 0.15) is 0 Å². The summed E-state index contributed by atoms with van der Waals surface area (Å²) in [5.74, 6) is -0.0247. The van der Waals surface area contributed by atoms with Gasteiger partial charge in [-0.25, -0.2) is 4.98 Å². The number of rotatable bonds is 4. The van der Waals surface area contributed by atoms with Crippen LogP contribution in [0.5, 0.6) is 0 Å². The van der Waals surface area contributed by atoms with Gasteiger partial charge in [-0.1, -0.05) is 41.1 Å². The van der Waals surface area contributed by atoms with Gasteiger partial charge in [0.15, 0.2) is 5.13 Å². The number of nitrogens with zero attached hydrogens (tertiary/aromatic N) is 1. The average Bonchev–Trinajstić information content (AvgIpc) is 2.78. The van der Waals surface area contributed by atoms with E-state index in [1.54, 1.807) is 6.07 Å². The summed E-state index contributed by atoms with van der Waals surface area (Å²) in [7, 11) is 0. The van der Waals surface area contributed by atoms with Crippen LogP contribution in [-0.2, 0) is 9.59 Å². The Morgan fingerprint density at radius 3 is 2.62 bits per heavy atom. The maximum Gasteiger partial charge on any atom is 0.240 e. The van der Waals surface area contributed by atoms with Crippen LogP contribution in [0.1, 0.15) is 20.8 Å². The zero-order chi connectivity index (χ0) is 15.6. The van der Waals surface area contributed by atoms with Crippen LogP contribution in [0.15, 0.2) is 18.2 Å². The van der Waals surface area contributed by atoms with Gasteiger partial charge < -0.3 is 10.6 Å². The van der Waals surface area contributed by atoms with E-state index in [0.29, 0.717) is 5.13 Å². The lowest BCUT2D eigenvalue weighted by Gasteiger charge is -2.11. The second-order valence-electron chi connectivity index (χ2n) is 5.02. The van der Waals surface area contributed by atoms with Crippen LogP contribution in [0.25, 0.3) is 10.2 Å². The molecular weight excluding hydrogens is 354 g/mol. The highest BCUT2D eigenvalue weighted by Crippen LogP contribution is 2.29. The number of anilines is 2. The quantitative estimate of drug-likeness (QED) is 0.808. The fourth-order valence-corrected chi connectivity index (χ4v) is 2.76. The molecule has 2 N–H and O–H groups in total. The van der Waals surface area contributed by atoms with Crippen LogP contribution in [0.3, 0.4) is 0 Å². The number of hydrogen-bond donors (Lipinski definition) is 2. The first-order valence-corrected chi connectivity index (χ1v) is 8.23. The summed E-state index contributed by atoms with van der Waals surface area (Å²) in [5, 5.41) is 6.09. The first-order valence-electron chi connectivity index (χ1n) is 6.50. The summed E-state index contributed by atoms with van der Waals surface area (Å²) >= 11 is 4.75. The Morgan fingerprint density at radius 1 is 1.29 bits per heavy atom. The Bertz CT molecular complexity index is 684. The number of carbonyl (C=O) groups is 2. The Hall–Kier alpha value is -1.47. The molecule has 0 unspecified atom stereocenters. The first kappa shape index (κ1) is 15.9. The highest BCUT2D eigenvalue weighted by atomic mass is 79.9. The van der Waals surface area contributed by atoms with E-state index < -0.39 is 0 Å². The summed E-state index contributed by atoms with van der Waals surface area (Å²) in [5.41, 5.74) is 1.51. The van der Waals surface area contributed by atoms with E-state index in [1.807, 2.05) is 26.0 Å². The number of halogens is 1. The third-order valence-corrected chi connectivity index (χ3v) is 5.18. The number of alkyl halides is 1. The number of thiazole rings is 1. The molecule has 0 aliphatic rings. The van der Waals surface area contributed by atoms with E-state index in [1.165, 1.54) is 18.3 Å². The molecule has 1 heterocycles. The Balaban J connectivity index is 2.19. The lowest BCUT2D eigenvalue weighted by molar-refractivity contribution is -0.116. The van der Waals surface area contributed by atoms with Gasteiger partial charge in [-0.3, -0.25) is 9.59 Å². The standard InChI is InChI=1S/C14H16BrN3O2S/c1-7(2)12(15)13(20)18-14-17-10-5-4-9(16-8(3)19)6-11(10)21-14/h4-7,12H,1-3H3,(H,16,19)(H,17,18,20)/t12-/m0/s1. The van der Waals surface area contributed by atoms with E-state index in [0.717, 1.165) is 15.9 Å². The van der Waals surface area contributed by atoms with Gasteiger partial charge >= 0.3 is 0 Å². The molecule has 0 saturated heterocycles. The van der Waals surface area contributed by atoms with Crippen molar-refractivity contribution in [2.75, 3.05) is 10.6 Å². The van der Waals surface area contributed by atoms with Crippen LogP contribution < -0.4 is 10.6 Å².